The molecule has 2 heterocycles. The van der Waals surface area contributed by atoms with Crippen LogP contribution in [0.2, 0.25) is 0 Å². The van der Waals surface area contributed by atoms with Gasteiger partial charge in [0, 0.05) is 0 Å². The van der Waals surface area contributed by atoms with E-state index in [9.17, 15) is 9.59 Å². The lowest BCUT2D eigenvalue weighted by molar-refractivity contribution is 0.0430. The molecule has 2 N–H and O–H groups in total. The van der Waals surface area contributed by atoms with Crippen molar-refractivity contribution in [1.29, 1.82) is 0 Å². The van der Waals surface area contributed by atoms with E-state index in [4.69, 9.17) is 29.2 Å². The number of aliphatic hydroxyl groups is 2. The van der Waals surface area contributed by atoms with Crippen molar-refractivity contribution >= 4 is 11.9 Å². The van der Waals surface area contributed by atoms with Crippen molar-refractivity contribution in [2.45, 2.75) is 12.2 Å². The van der Waals surface area contributed by atoms with Crippen LogP contribution in [0.5, 0.6) is 0 Å². The molecule has 0 aliphatic carbocycles. The average molecular weight is 384 g/mol. The first-order valence-corrected chi connectivity index (χ1v) is 8.61. The molecule has 9 heteroatoms. The number of carbonyl (C=O) groups excluding carboxylic acids is 2. The van der Waals surface area contributed by atoms with Gasteiger partial charge in [-0.1, -0.05) is 12.1 Å². The molecule has 27 heavy (non-hydrogen) atoms. The van der Waals surface area contributed by atoms with Crippen LogP contribution in [-0.4, -0.2) is 87.2 Å². The molecule has 0 radical (unpaired) electrons. The smallest absolute Gasteiger partial charge is 0.339 e. The van der Waals surface area contributed by atoms with Gasteiger partial charge in [-0.05, 0) is 12.1 Å². The minimum Gasteiger partial charge on any atom is -0.459 e. The molecule has 2 aliphatic rings. The number of hydrogen-bond donors (Lipinski definition) is 2. The third-order valence-electron chi connectivity index (χ3n) is 3.44. The van der Waals surface area contributed by atoms with Crippen LogP contribution in [0.3, 0.4) is 0 Å². The molecule has 1 aromatic rings. The van der Waals surface area contributed by atoms with Crippen molar-refractivity contribution in [2.24, 2.45) is 0 Å². The van der Waals surface area contributed by atoms with Crippen molar-refractivity contribution in [2.75, 3.05) is 52.9 Å². The molecule has 2 saturated heterocycles. The van der Waals surface area contributed by atoms with E-state index in [1.807, 2.05) is 0 Å². The van der Waals surface area contributed by atoms with E-state index in [1.165, 1.54) is 0 Å². The van der Waals surface area contributed by atoms with Crippen molar-refractivity contribution in [3.63, 3.8) is 0 Å². The summed E-state index contributed by atoms with van der Waals surface area (Å²) >= 11 is 0. The maximum absolute atomic E-state index is 11.9. The molecule has 2 aliphatic heterocycles. The molecule has 0 bridgehead atoms. The van der Waals surface area contributed by atoms with E-state index in [0.717, 1.165) is 0 Å². The highest BCUT2D eigenvalue weighted by Gasteiger charge is 2.27. The highest BCUT2D eigenvalue weighted by molar-refractivity contribution is 6.03. The lowest BCUT2D eigenvalue weighted by Crippen LogP contribution is -2.17. The first-order valence-electron chi connectivity index (χ1n) is 8.61. The summed E-state index contributed by atoms with van der Waals surface area (Å²) < 4.78 is 24.7. The zero-order chi connectivity index (χ0) is 19.5. The molecule has 2 unspecified atom stereocenters. The average Bonchev–Trinajstić information content (AvgIpc) is 3.60. The molecule has 9 nitrogen and oxygen atoms in total. The van der Waals surface area contributed by atoms with E-state index in [-0.39, 0.29) is 49.8 Å². The number of ether oxygens (including phenoxy) is 5. The third-order valence-corrected chi connectivity index (χ3v) is 3.44. The Morgan fingerprint density at radius 2 is 1.30 bits per heavy atom. The van der Waals surface area contributed by atoms with E-state index in [2.05, 4.69) is 4.74 Å². The Morgan fingerprint density at radius 1 is 0.889 bits per heavy atom. The normalized spacial score (nSPS) is 19.5. The van der Waals surface area contributed by atoms with E-state index in [0.29, 0.717) is 26.4 Å². The van der Waals surface area contributed by atoms with Gasteiger partial charge >= 0.3 is 11.9 Å². The molecule has 0 aromatic heterocycles. The summed E-state index contributed by atoms with van der Waals surface area (Å²) in [4.78, 5) is 23.9. The Bertz CT molecular complexity index is 545. The summed E-state index contributed by atoms with van der Waals surface area (Å²) in [7, 11) is 0. The number of benzene rings is 1. The van der Waals surface area contributed by atoms with Crippen molar-refractivity contribution < 1.29 is 43.5 Å². The minimum atomic E-state index is -0.546. The molecule has 0 amide bonds. The summed E-state index contributed by atoms with van der Waals surface area (Å²) in [5, 5.41) is 16.2. The van der Waals surface area contributed by atoms with Gasteiger partial charge in [-0.25, -0.2) is 9.59 Å². The lowest BCUT2D eigenvalue weighted by Gasteiger charge is -2.08. The van der Waals surface area contributed by atoms with Crippen LogP contribution >= 0.6 is 0 Å². The number of esters is 2. The number of hydrogen-bond acceptors (Lipinski definition) is 9. The Labute approximate surface area is 156 Å². The predicted octanol–water partition coefficient (Wildman–Crippen LogP) is -0.215. The van der Waals surface area contributed by atoms with Crippen LogP contribution in [0.1, 0.15) is 20.7 Å². The highest BCUT2D eigenvalue weighted by Crippen LogP contribution is 2.16. The first kappa shape index (κ1) is 21.3. The molecule has 3 rings (SSSR count). The van der Waals surface area contributed by atoms with Gasteiger partial charge in [-0.15, -0.1) is 0 Å². The van der Waals surface area contributed by atoms with Crippen LogP contribution < -0.4 is 0 Å². The second-order valence-electron chi connectivity index (χ2n) is 5.71. The van der Waals surface area contributed by atoms with E-state index >= 15 is 0 Å². The molecule has 2 fully saturated rings. The highest BCUT2D eigenvalue weighted by atomic mass is 16.6. The SMILES string of the molecule is O=C(OCC1CO1)c1ccccc1C(=O)OCC1CO1.OCCOCCO. The maximum Gasteiger partial charge on any atom is 0.339 e. The fraction of sp³-hybridized carbons (Fsp3) is 0.556. The van der Waals surface area contributed by atoms with Crippen LogP contribution in [0.25, 0.3) is 0 Å². The summed E-state index contributed by atoms with van der Waals surface area (Å²) in [5.41, 5.74) is 0.407. The topological polar surface area (TPSA) is 127 Å². The van der Waals surface area contributed by atoms with Gasteiger partial charge in [0.05, 0.1) is 50.8 Å². The number of aliphatic hydroxyl groups excluding tert-OH is 2. The molecule has 0 spiro atoms. The van der Waals surface area contributed by atoms with Gasteiger partial charge in [0.1, 0.15) is 25.4 Å². The molecule has 0 saturated carbocycles. The van der Waals surface area contributed by atoms with Crippen LogP contribution in [0.15, 0.2) is 24.3 Å². The van der Waals surface area contributed by atoms with Crippen molar-refractivity contribution in [3.8, 4) is 0 Å². The van der Waals surface area contributed by atoms with Gasteiger partial charge in [0.15, 0.2) is 0 Å². The van der Waals surface area contributed by atoms with Gasteiger partial charge in [-0.2, -0.15) is 0 Å². The second-order valence-corrected chi connectivity index (χ2v) is 5.71. The fourth-order valence-electron chi connectivity index (χ4n) is 1.89. The molecule has 2 atom stereocenters. The molecular weight excluding hydrogens is 360 g/mol. The second kappa shape index (κ2) is 11.6. The fourth-order valence-corrected chi connectivity index (χ4v) is 1.89. The quantitative estimate of drug-likeness (QED) is 0.320. The van der Waals surface area contributed by atoms with Crippen LogP contribution in [-0.2, 0) is 23.7 Å². The Balaban J connectivity index is 0.000000321. The maximum atomic E-state index is 11.9. The number of rotatable bonds is 10. The van der Waals surface area contributed by atoms with Crippen molar-refractivity contribution in [3.05, 3.63) is 35.4 Å². The van der Waals surface area contributed by atoms with Gasteiger partial charge in [0.2, 0.25) is 0 Å². The Hall–Kier alpha value is -2.04. The summed E-state index contributed by atoms with van der Waals surface area (Å²) in [5.74, 6) is -1.09. The van der Waals surface area contributed by atoms with Gasteiger partial charge < -0.3 is 33.9 Å². The number of epoxide rings is 2. The summed E-state index contributed by atoms with van der Waals surface area (Å²) in [6.07, 6.45) is -0.0184. The monoisotopic (exact) mass is 384 g/mol. The van der Waals surface area contributed by atoms with Crippen molar-refractivity contribution in [1.82, 2.24) is 0 Å². The minimum absolute atomic E-state index is 0.00919. The zero-order valence-electron chi connectivity index (χ0n) is 14.9. The third kappa shape index (κ3) is 8.46. The van der Waals surface area contributed by atoms with E-state index in [1.54, 1.807) is 24.3 Å². The Kier molecular flexibility index (Phi) is 9.16. The van der Waals surface area contributed by atoms with E-state index < -0.39 is 11.9 Å². The van der Waals surface area contributed by atoms with Crippen LogP contribution in [0, 0.1) is 0 Å². The van der Waals surface area contributed by atoms with Crippen LogP contribution in [0.4, 0.5) is 0 Å². The zero-order valence-corrected chi connectivity index (χ0v) is 14.9. The lowest BCUT2D eigenvalue weighted by atomic mass is 10.1. The largest absolute Gasteiger partial charge is 0.459 e. The molecular formula is C18H24O9. The number of carbonyl (C=O) groups is 2. The molecule has 1 aromatic carbocycles. The molecule has 150 valence electrons. The first-order chi connectivity index (χ1) is 13.2. The predicted molar refractivity (Wildman–Crippen MR) is 91.5 cm³/mol. The standard InChI is InChI=1S/C14H14O6.C4H10O3/c15-13(19-7-9-5-17-9)11-3-1-2-4-12(11)14(16)20-8-10-6-18-10;5-1-3-7-4-2-6/h1-4,9-10H,5-8H2;5-6H,1-4H2. The van der Waals surface area contributed by atoms with Gasteiger partial charge in [-0.3, -0.25) is 0 Å². The Morgan fingerprint density at radius 3 is 1.63 bits per heavy atom. The van der Waals surface area contributed by atoms with Gasteiger partial charge in [0.25, 0.3) is 0 Å². The summed E-state index contributed by atoms with van der Waals surface area (Å²) in [6, 6.07) is 6.43. The summed E-state index contributed by atoms with van der Waals surface area (Å²) in [6.45, 7) is 2.33.